The molecular formula is C19H18F3NO4. The zero-order valence-corrected chi connectivity index (χ0v) is 14.5. The van der Waals surface area contributed by atoms with Gasteiger partial charge in [0.1, 0.15) is 11.3 Å². The predicted octanol–water partition coefficient (Wildman–Crippen LogP) is 4.36. The Bertz CT molecular complexity index is 851. The number of benzene rings is 1. The first kappa shape index (κ1) is 19.0. The molecule has 1 fully saturated rings. The molecule has 2 aromatic rings. The third kappa shape index (κ3) is 4.15. The normalized spacial score (nSPS) is 14.2. The van der Waals surface area contributed by atoms with Crippen molar-refractivity contribution in [3.05, 3.63) is 58.5 Å². The second-order valence-corrected chi connectivity index (χ2v) is 6.47. The lowest BCUT2D eigenvalue weighted by atomic mass is 10.1. The number of aromatic carboxylic acids is 1. The SMILES string of the molecule is CCc1oc(C(=O)N(Cc2ccc(C(F)(F)F)cc2)C2CC2)cc1C(=O)O. The highest BCUT2D eigenvalue weighted by Gasteiger charge is 2.35. The van der Waals surface area contributed by atoms with Gasteiger partial charge in [-0.15, -0.1) is 0 Å². The molecule has 5 nitrogen and oxygen atoms in total. The first-order chi connectivity index (χ1) is 12.7. The van der Waals surface area contributed by atoms with Crippen molar-refractivity contribution in [1.29, 1.82) is 0 Å². The van der Waals surface area contributed by atoms with E-state index < -0.39 is 23.6 Å². The molecule has 1 N–H and O–H groups in total. The van der Waals surface area contributed by atoms with Crippen molar-refractivity contribution < 1.29 is 32.3 Å². The number of amides is 1. The number of carboxylic acid groups (broad SMARTS) is 1. The Labute approximate surface area is 153 Å². The van der Waals surface area contributed by atoms with Crippen LogP contribution in [0, 0.1) is 0 Å². The van der Waals surface area contributed by atoms with Gasteiger partial charge in [0.15, 0.2) is 5.76 Å². The van der Waals surface area contributed by atoms with E-state index in [2.05, 4.69) is 0 Å². The van der Waals surface area contributed by atoms with Gasteiger partial charge in [-0.25, -0.2) is 4.79 Å². The standard InChI is InChI=1S/C19H18F3NO4/c1-2-15-14(18(25)26)9-16(27-15)17(24)23(13-7-8-13)10-11-3-5-12(6-4-11)19(20,21)22/h3-6,9,13H,2,7-8,10H2,1H3,(H,25,26). The quantitative estimate of drug-likeness (QED) is 0.807. The number of hydrogen-bond acceptors (Lipinski definition) is 3. The summed E-state index contributed by atoms with van der Waals surface area (Å²) < 4.78 is 43.5. The molecule has 1 saturated carbocycles. The lowest BCUT2D eigenvalue weighted by molar-refractivity contribution is -0.137. The van der Waals surface area contributed by atoms with Crippen LogP contribution in [0.4, 0.5) is 13.2 Å². The molecule has 1 aliphatic rings. The van der Waals surface area contributed by atoms with Crippen molar-refractivity contribution in [3.8, 4) is 0 Å². The Hall–Kier alpha value is -2.77. The molecule has 0 aliphatic heterocycles. The Morgan fingerprint density at radius 2 is 1.85 bits per heavy atom. The molecular weight excluding hydrogens is 363 g/mol. The number of carbonyl (C=O) groups is 2. The maximum Gasteiger partial charge on any atom is 0.416 e. The van der Waals surface area contributed by atoms with E-state index in [1.807, 2.05) is 0 Å². The fourth-order valence-corrected chi connectivity index (χ4v) is 2.87. The molecule has 1 aromatic carbocycles. The van der Waals surface area contributed by atoms with Gasteiger partial charge in [0.2, 0.25) is 0 Å². The van der Waals surface area contributed by atoms with Gasteiger partial charge in [0, 0.05) is 25.1 Å². The third-order valence-electron chi connectivity index (χ3n) is 4.45. The summed E-state index contributed by atoms with van der Waals surface area (Å²) in [4.78, 5) is 25.6. The summed E-state index contributed by atoms with van der Waals surface area (Å²) in [6.45, 7) is 1.85. The number of halogens is 3. The molecule has 0 bridgehead atoms. The molecule has 1 aromatic heterocycles. The largest absolute Gasteiger partial charge is 0.478 e. The summed E-state index contributed by atoms with van der Waals surface area (Å²) in [6, 6.07) is 5.83. The van der Waals surface area contributed by atoms with Gasteiger partial charge in [0.25, 0.3) is 5.91 Å². The second kappa shape index (κ2) is 7.09. The number of furan rings is 1. The molecule has 0 spiro atoms. The van der Waals surface area contributed by atoms with Crippen molar-refractivity contribution in [1.82, 2.24) is 4.90 Å². The van der Waals surface area contributed by atoms with Crippen LogP contribution in [-0.2, 0) is 19.1 Å². The average molecular weight is 381 g/mol. The Morgan fingerprint density at radius 3 is 2.30 bits per heavy atom. The van der Waals surface area contributed by atoms with E-state index in [9.17, 15) is 27.9 Å². The Kier molecular flexibility index (Phi) is 4.99. The van der Waals surface area contributed by atoms with Gasteiger partial charge >= 0.3 is 12.1 Å². The van der Waals surface area contributed by atoms with Crippen LogP contribution >= 0.6 is 0 Å². The number of alkyl halides is 3. The van der Waals surface area contributed by atoms with E-state index >= 15 is 0 Å². The maximum absolute atomic E-state index is 12.8. The van der Waals surface area contributed by atoms with E-state index in [-0.39, 0.29) is 29.7 Å². The van der Waals surface area contributed by atoms with E-state index in [0.29, 0.717) is 12.0 Å². The predicted molar refractivity (Wildman–Crippen MR) is 89.4 cm³/mol. The summed E-state index contributed by atoms with van der Waals surface area (Å²) in [5, 5.41) is 9.20. The van der Waals surface area contributed by atoms with Crippen LogP contribution in [0.1, 0.15) is 57.6 Å². The van der Waals surface area contributed by atoms with E-state index in [0.717, 1.165) is 25.0 Å². The maximum atomic E-state index is 12.8. The monoisotopic (exact) mass is 381 g/mol. The molecule has 3 rings (SSSR count). The first-order valence-electron chi connectivity index (χ1n) is 8.53. The Morgan fingerprint density at radius 1 is 1.22 bits per heavy atom. The van der Waals surface area contributed by atoms with Crippen LogP contribution in [0.2, 0.25) is 0 Å². The molecule has 27 heavy (non-hydrogen) atoms. The van der Waals surface area contributed by atoms with Gasteiger partial charge in [-0.2, -0.15) is 13.2 Å². The van der Waals surface area contributed by atoms with Crippen molar-refractivity contribution in [2.24, 2.45) is 0 Å². The summed E-state index contributed by atoms with van der Waals surface area (Å²) in [7, 11) is 0. The van der Waals surface area contributed by atoms with Crippen molar-refractivity contribution in [2.45, 2.75) is 44.9 Å². The minimum absolute atomic E-state index is 0.0248. The third-order valence-corrected chi connectivity index (χ3v) is 4.45. The van der Waals surface area contributed by atoms with Crippen molar-refractivity contribution >= 4 is 11.9 Å². The summed E-state index contributed by atoms with van der Waals surface area (Å²) in [6.07, 6.45) is -2.50. The van der Waals surface area contributed by atoms with Gasteiger partial charge < -0.3 is 14.4 Å². The molecule has 0 unspecified atom stereocenters. The van der Waals surface area contributed by atoms with Gasteiger partial charge in [-0.1, -0.05) is 19.1 Å². The number of hydrogen-bond donors (Lipinski definition) is 1. The van der Waals surface area contributed by atoms with Crippen LogP contribution in [0.5, 0.6) is 0 Å². The fraction of sp³-hybridized carbons (Fsp3) is 0.368. The van der Waals surface area contributed by atoms with Crippen molar-refractivity contribution in [3.63, 3.8) is 0 Å². The minimum Gasteiger partial charge on any atom is -0.478 e. The summed E-state index contributed by atoms with van der Waals surface area (Å²) in [5.41, 5.74) is -0.240. The number of carboxylic acids is 1. The summed E-state index contributed by atoms with van der Waals surface area (Å²) in [5.74, 6) is -1.48. The van der Waals surface area contributed by atoms with Crippen LogP contribution < -0.4 is 0 Å². The lowest BCUT2D eigenvalue weighted by Gasteiger charge is -2.21. The minimum atomic E-state index is -4.41. The average Bonchev–Trinajstić information content (AvgIpc) is 3.36. The smallest absolute Gasteiger partial charge is 0.416 e. The number of carbonyl (C=O) groups excluding carboxylic acids is 1. The van der Waals surface area contributed by atoms with E-state index in [4.69, 9.17) is 4.42 Å². The highest BCUT2D eigenvalue weighted by molar-refractivity contribution is 5.96. The molecule has 1 amide bonds. The molecule has 1 heterocycles. The van der Waals surface area contributed by atoms with Gasteiger partial charge in [-0.3, -0.25) is 4.79 Å². The van der Waals surface area contributed by atoms with E-state index in [1.54, 1.807) is 6.92 Å². The van der Waals surface area contributed by atoms with Crippen LogP contribution in [-0.4, -0.2) is 27.9 Å². The molecule has 8 heteroatoms. The molecule has 0 atom stereocenters. The van der Waals surface area contributed by atoms with Crippen LogP contribution in [0.25, 0.3) is 0 Å². The van der Waals surface area contributed by atoms with Crippen molar-refractivity contribution in [2.75, 3.05) is 0 Å². The zero-order valence-electron chi connectivity index (χ0n) is 14.5. The number of rotatable bonds is 6. The second-order valence-electron chi connectivity index (χ2n) is 6.47. The van der Waals surface area contributed by atoms with E-state index in [1.165, 1.54) is 23.1 Å². The highest BCUT2D eigenvalue weighted by atomic mass is 19.4. The zero-order chi connectivity index (χ0) is 19.8. The molecule has 144 valence electrons. The fourth-order valence-electron chi connectivity index (χ4n) is 2.87. The lowest BCUT2D eigenvalue weighted by Crippen LogP contribution is -2.32. The topological polar surface area (TPSA) is 70.8 Å². The number of nitrogens with zero attached hydrogens (tertiary/aromatic N) is 1. The van der Waals surface area contributed by atoms with Gasteiger partial charge in [-0.05, 0) is 30.5 Å². The molecule has 0 saturated heterocycles. The first-order valence-corrected chi connectivity index (χ1v) is 8.53. The van der Waals surface area contributed by atoms with Crippen LogP contribution in [0.3, 0.4) is 0 Å². The molecule has 1 aliphatic carbocycles. The highest BCUT2D eigenvalue weighted by Crippen LogP contribution is 2.32. The summed E-state index contributed by atoms with van der Waals surface area (Å²) >= 11 is 0. The Balaban J connectivity index is 1.82. The van der Waals surface area contributed by atoms with Crippen LogP contribution in [0.15, 0.2) is 34.7 Å². The molecule has 0 radical (unpaired) electrons. The number of aryl methyl sites for hydroxylation is 1. The van der Waals surface area contributed by atoms with Gasteiger partial charge in [0.05, 0.1) is 5.56 Å².